The molecule has 1 rings (SSSR count). The van der Waals surface area contributed by atoms with Crippen LogP contribution in [-0.4, -0.2) is 43.3 Å². The van der Waals surface area contributed by atoms with E-state index in [2.05, 4.69) is 10.6 Å². The monoisotopic (exact) mass is 346 g/mol. The van der Waals surface area contributed by atoms with Gasteiger partial charge in [-0.2, -0.15) is 0 Å². The molecule has 1 aliphatic carbocycles. The Bertz CT molecular complexity index is 517. The lowest BCUT2D eigenvalue weighted by Gasteiger charge is -2.20. The van der Waals surface area contributed by atoms with Gasteiger partial charge in [0.2, 0.25) is 11.8 Å². The van der Waals surface area contributed by atoms with Crippen molar-refractivity contribution in [2.24, 2.45) is 5.92 Å². The lowest BCUT2D eigenvalue weighted by Crippen LogP contribution is -2.41. The van der Waals surface area contributed by atoms with Crippen LogP contribution in [0.25, 0.3) is 0 Å². The smallest absolute Gasteiger partial charge is 0.223 e. The Kier molecular flexibility index (Phi) is 7.04. The first-order valence-electron chi connectivity index (χ1n) is 8.32. The van der Waals surface area contributed by atoms with Crippen molar-refractivity contribution in [2.45, 2.75) is 70.6 Å². The van der Waals surface area contributed by atoms with E-state index in [1.165, 1.54) is 0 Å². The Hall–Kier alpha value is -1.11. The van der Waals surface area contributed by atoms with E-state index in [0.29, 0.717) is 0 Å². The molecule has 0 spiro atoms. The van der Waals surface area contributed by atoms with Crippen LogP contribution in [0.5, 0.6) is 0 Å². The minimum Gasteiger partial charge on any atom is -0.355 e. The van der Waals surface area contributed by atoms with Gasteiger partial charge in [0, 0.05) is 24.9 Å². The number of rotatable bonds is 7. The molecular weight excluding hydrogens is 316 g/mol. The fraction of sp³-hybridized carbons (Fsp3) is 0.875. The lowest BCUT2D eigenvalue weighted by molar-refractivity contribution is -0.126. The zero-order valence-electron chi connectivity index (χ0n) is 14.6. The molecule has 6 nitrogen and oxygen atoms in total. The Morgan fingerprint density at radius 2 is 1.74 bits per heavy atom. The third-order valence-electron chi connectivity index (χ3n) is 4.23. The second-order valence-electron chi connectivity index (χ2n) is 7.38. The maximum absolute atomic E-state index is 12.0. The molecule has 0 aromatic rings. The van der Waals surface area contributed by atoms with Crippen molar-refractivity contribution in [1.82, 2.24) is 10.6 Å². The molecule has 0 aromatic heterocycles. The van der Waals surface area contributed by atoms with Crippen LogP contribution in [-0.2, 0) is 19.4 Å². The fourth-order valence-corrected chi connectivity index (χ4v) is 3.56. The van der Waals surface area contributed by atoms with Gasteiger partial charge in [-0.25, -0.2) is 8.42 Å². The molecule has 0 radical (unpaired) electrons. The van der Waals surface area contributed by atoms with Crippen molar-refractivity contribution in [3.8, 4) is 0 Å². The van der Waals surface area contributed by atoms with Gasteiger partial charge in [0.05, 0.1) is 10.5 Å². The fourth-order valence-electron chi connectivity index (χ4n) is 2.58. The van der Waals surface area contributed by atoms with Gasteiger partial charge >= 0.3 is 0 Å². The van der Waals surface area contributed by atoms with Crippen LogP contribution < -0.4 is 10.6 Å². The van der Waals surface area contributed by atoms with Crippen LogP contribution in [0.3, 0.4) is 0 Å². The normalized spacial score (nSPS) is 17.7. The summed E-state index contributed by atoms with van der Waals surface area (Å²) in [7, 11) is -3.24. The van der Waals surface area contributed by atoms with E-state index in [4.69, 9.17) is 0 Å². The zero-order chi connectivity index (χ0) is 17.7. The number of nitrogens with one attached hydrogen (secondary N) is 2. The molecule has 1 aliphatic rings. The highest BCUT2D eigenvalue weighted by molar-refractivity contribution is 7.92. The molecule has 1 unspecified atom stereocenters. The quantitative estimate of drug-likeness (QED) is 0.729. The van der Waals surface area contributed by atoms with Crippen molar-refractivity contribution in [1.29, 1.82) is 0 Å². The van der Waals surface area contributed by atoms with Crippen molar-refractivity contribution < 1.29 is 18.0 Å². The molecule has 0 aliphatic heterocycles. The van der Waals surface area contributed by atoms with Gasteiger partial charge in [-0.05, 0) is 40.5 Å². The maximum Gasteiger partial charge on any atom is 0.223 e. The van der Waals surface area contributed by atoms with E-state index < -0.39 is 14.6 Å². The first-order chi connectivity index (χ1) is 10.5. The zero-order valence-corrected chi connectivity index (χ0v) is 15.5. The average Bonchev–Trinajstić information content (AvgIpc) is 2.90. The molecule has 7 heteroatoms. The molecule has 1 atom stereocenters. The average molecular weight is 346 g/mol. The number of carbonyl (C=O) groups is 2. The minimum absolute atomic E-state index is 0.0260. The molecule has 134 valence electrons. The first-order valence-corrected chi connectivity index (χ1v) is 9.97. The van der Waals surface area contributed by atoms with Gasteiger partial charge in [0.25, 0.3) is 0 Å². The highest BCUT2D eigenvalue weighted by atomic mass is 32.2. The standard InChI is InChI=1S/C16H30N2O4S/c1-12(18-15(20)13-7-5-6-8-13)11-14(19)17-9-10-23(21,22)16(2,3)4/h12-13H,5-11H2,1-4H3,(H,17,19)(H,18,20). The first kappa shape index (κ1) is 19.9. The summed E-state index contributed by atoms with van der Waals surface area (Å²) in [6.45, 7) is 6.82. The molecule has 2 N–H and O–H groups in total. The molecule has 2 amide bonds. The third kappa shape index (κ3) is 6.49. The van der Waals surface area contributed by atoms with Crippen LogP contribution in [0.2, 0.25) is 0 Å². The van der Waals surface area contributed by atoms with Crippen LogP contribution in [0.1, 0.15) is 59.8 Å². The number of hydrogen-bond donors (Lipinski definition) is 2. The largest absolute Gasteiger partial charge is 0.355 e. The number of carbonyl (C=O) groups excluding carboxylic acids is 2. The van der Waals surface area contributed by atoms with Crippen LogP contribution >= 0.6 is 0 Å². The van der Waals surface area contributed by atoms with Crippen molar-refractivity contribution >= 4 is 21.7 Å². The summed E-state index contributed by atoms with van der Waals surface area (Å²) < 4.78 is 23.1. The summed E-state index contributed by atoms with van der Waals surface area (Å²) in [5.41, 5.74) is 0. The van der Waals surface area contributed by atoms with Gasteiger partial charge in [-0.1, -0.05) is 12.8 Å². The Morgan fingerprint density at radius 1 is 1.17 bits per heavy atom. The van der Waals surface area contributed by atoms with E-state index >= 15 is 0 Å². The van der Waals surface area contributed by atoms with Crippen molar-refractivity contribution in [3.63, 3.8) is 0 Å². The van der Waals surface area contributed by atoms with E-state index in [1.54, 1.807) is 27.7 Å². The summed E-state index contributed by atoms with van der Waals surface area (Å²) in [4.78, 5) is 23.8. The number of amides is 2. The third-order valence-corrected chi connectivity index (χ3v) is 6.84. The highest BCUT2D eigenvalue weighted by Gasteiger charge is 2.28. The van der Waals surface area contributed by atoms with E-state index in [-0.39, 0.29) is 42.5 Å². The van der Waals surface area contributed by atoms with Gasteiger partial charge in [-0.15, -0.1) is 0 Å². The topological polar surface area (TPSA) is 92.3 Å². The van der Waals surface area contributed by atoms with Crippen LogP contribution in [0.4, 0.5) is 0 Å². The summed E-state index contributed by atoms with van der Waals surface area (Å²) in [5.74, 6) is -0.214. The molecule has 0 bridgehead atoms. The molecule has 23 heavy (non-hydrogen) atoms. The van der Waals surface area contributed by atoms with Crippen LogP contribution in [0, 0.1) is 5.92 Å². The molecule has 0 saturated heterocycles. The second-order valence-corrected chi connectivity index (χ2v) is 10.2. The van der Waals surface area contributed by atoms with Gasteiger partial charge in [0.1, 0.15) is 0 Å². The van der Waals surface area contributed by atoms with Gasteiger partial charge in [-0.3, -0.25) is 9.59 Å². The molecule has 1 fully saturated rings. The Balaban J connectivity index is 2.29. The predicted octanol–water partition coefficient (Wildman–Crippen LogP) is 1.40. The summed E-state index contributed by atoms with van der Waals surface area (Å²) in [5, 5.41) is 5.48. The Labute approximate surface area is 139 Å². The molecule has 0 heterocycles. The van der Waals surface area contributed by atoms with Crippen molar-refractivity contribution in [3.05, 3.63) is 0 Å². The minimum atomic E-state index is -3.24. The molecule has 0 aromatic carbocycles. The molecule has 1 saturated carbocycles. The lowest BCUT2D eigenvalue weighted by atomic mass is 10.1. The van der Waals surface area contributed by atoms with E-state index in [9.17, 15) is 18.0 Å². The Morgan fingerprint density at radius 3 is 2.26 bits per heavy atom. The van der Waals surface area contributed by atoms with Gasteiger partial charge < -0.3 is 10.6 Å². The predicted molar refractivity (Wildman–Crippen MR) is 90.7 cm³/mol. The number of hydrogen-bond acceptors (Lipinski definition) is 4. The van der Waals surface area contributed by atoms with Crippen LogP contribution in [0.15, 0.2) is 0 Å². The molecular formula is C16H30N2O4S. The summed E-state index contributed by atoms with van der Waals surface area (Å²) >= 11 is 0. The number of sulfone groups is 1. The highest BCUT2D eigenvalue weighted by Crippen LogP contribution is 2.24. The summed E-state index contributed by atoms with van der Waals surface area (Å²) in [6.07, 6.45) is 4.20. The second kappa shape index (κ2) is 8.13. The van der Waals surface area contributed by atoms with Crippen molar-refractivity contribution in [2.75, 3.05) is 12.3 Å². The maximum atomic E-state index is 12.0. The van der Waals surface area contributed by atoms with E-state index in [0.717, 1.165) is 25.7 Å². The summed E-state index contributed by atoms with van der Waals surface area (Å²) in [6, 6.07) is -0.248. The SMILES string of the molecule is CC(CC(=O)NCCS(=O)(=O)C(C)(C)C)NC(=O)C1CCCC1. The van der Waals surface area contributed by atoms with Gasteiger partial charge in [0.15, 0.2) is 9.84 Å². The van der Waals surface area contributed by atoms with E-state index in [1.807, 2.05) is 0 Å².